The molecule has 3 aromatic carbocycles. The monoisotopic (exact) mass is 599 g/mol. The molecule has 0 aliphatic carbocycles. The standard InChI is InChI=1S/C31H38FN3O6S/c1-6-22(3)33-31(37)29(7-2)34(20-23-9-8-10-27(19-23)41-5)30(36)21-35(25-13-11-24(32)12-14-25)42(38,39)28-17-15-26(40-4)16-18-28/h8-19,22,29H,6-7,20-21H2,1-5H3,(H,33,37)/t22-,29-/m0/s1. The average molecular weight is 600 g/mol. The molecular formula is C31H38FN3O6S. The van der Waals surface area contributed by atoms with Crippen LogP contribution in [-0.4, -0.2) is 58.0 Å². The van der Waals surface area contributed by atoms with E-state index >= 15 is 0 Å². The minimum atomic E-state index is -4.29. The molecule has 1 N–H and O–H groups in total. The fraction of sp³-hybridized carbons (Fsp3) is 0.355. The Morgan fingerprint density at radius 1 is 0.905 bits per heavy atom. The highest BCUT2D eigenvalue weighted by molar-refractivity contribution is 7.92. The first-order valence-electron chi connectivity index (χ1n) is 13.7. The first-order valence-corrected chi connectivity index (χ1v) is 15.1. The molecule has 2 atom stereocenters. The lowest BCUT2D eigenvalue weighted by Crippen LogP contribution is -2.53. The van der Waals surface area contributed by atoms with Crippen LogP contribution in [0.15, 0.2) is 77.7 Å². The number of carbonyl (C=O) groups is 2. The van der Waals surface area contributed by atoms with Crippen molar-refractivity contribution >= 4 is 27.5 Å². The van der Waals surface area contributed by atoms with Crippen LogP contribution in [-0.2, 0) is 26.2 Å². The highest BCUT2D eigenvalue weighted by atomic mass is 32.2. The third kappa shape index (κ3) is 8.00. The second-order valence-corrected chi connectivity index (χ2v) is 11.6. The van der Waals surface area contributed by atoms with Gasteiger partial charge in [0.1, 0.15) is 29.9 Å². The molecule has 0 bridgehead atoms. The lowest BCUT2D eigenvalue weighted by molar-refractivity contribution is -0.140. The average Bonchev–Trinajstić information content (AvgIpc) is 3.00. The molecule has 3 aromatic rings. The number of carbonyl (C=O) groups excluding carboxylic acids is 2. The number of hydrogen-bond acceptors (Lipinski definition) is 6. The van der Waals surface area contributed by atoms with Crippen molar-refractivity contribution < 1.29 is 31.9 Å². The molecule has 3 rings (SSSR count). The molecule has 0 saturated carbocycles. The van der Waals surface area contributed by atoms with Crippen LogP contribution in [0.2, 0.25) is 0 Å². The summed E-state index contributed by atoms with van der Waals surface area (Å²) < 4.78 is 53.0. The minimum Gasteiger partial charge on any atom is -0.497 e. The maximum atomic E-state index is 14.1. The van der Waals surface area contributed by atoms with E-state index in [0.717, 1.165) is 16.4 Å². The summed E-state index contributed by atoms with van der Waals surface area (Å²) >= 11 is 0. The van der Waals surface area contributed by atoms with Gasteiger partial charge in [0.25, 0.3) is 10.0 Å². The zero-order valence-corrected chi connectivity index (χ0v) is 25.4. The number of hydrogen-bond donors (Lipinski definition) is 1. The van der Waals surface area contributed by atoms with Crippen molar-refractivity contribution in [3.63, 3.8) is 0 Å². The van der Waals surface area contributed by atoms with E-state index in [9.17, 15) is 22.4 Å². The van der Waals surface area contributed by atoms with Crippen molar-refractivity contribution in [2.45, 2.75) is 57.1 Å². The van der Waals surface area contributed by atoms with Gasteiger partial charge in [-0.2, -0.15) is 0 Å². The molecule has 9 nitrogen and oxygen atoms in total. The van der Waals surface area contributed by atoms with E-state index in [1.165, 1.54) is 55.5 Å². The Labute approximate surface area is 247 Å². The smallest absolute Gasteiger partial charge is 0.264 e. The van der Waals surface area contributed by atoms with Crippen molar-refractivity contribution in [3.8, 4) is 11.5 Å². The zero-order chi connectivity index (χ0) is 30.9. The molecular weight excluding hydrogens is 561 g/mol. The Kier molecular flexibility index (Phi) is 11.3. The van der Waals surface area contributed by atoms with Gasteiger partial charge in [-0.05, 0) is 86.0 Å². The van der Waals surface area contributed by atoms with Crippen LogP contribution < -0.4 is 19.1 Å². The van der Waals surface area contributed by atoms with Gasteiger partial charge in [-0.3, -0.25) is 13.9 Å². The van der Waals surface area contributed by atoms with Gasteiger partial charge >= 0.3 is 0 Å². The Morgan fingerprint density at radius 2 is 1.55 bits per heavy atom. The zero-order valence-electron chi connectivity index (χ0n) is 24.5. The molecule has 0 unspecified atom stereocenters. The van der Waals surface area contributed by atoms with Gasteiger partial charge in [0.05, 0.1) is 24.8 Å². The van der Waals surface area contributed by atoms with Crippen LogP contribution in [0.3, 0.4) is 0 Å². The summed E-state index contributed by atoms with van der Waals surface area (Å²) in [7, 11) is -1.30. The lowest BCUT2D eigenvalue weighted by atomic mass is 10.1. The molecule has 42 heavy (non-hydrogen) atoms. The normalized spacial score (nSPS) is 12.6. The molecule has 0 spiro atoms. The predicted molar refractivity (Wildman–Crippen MR) is 159 cm³/mol. The van der Waals surface area contributed by atoms with Gasteiger partial charge in [0.2, 0.25) is 11.8 Å². The van der Waals surface area contributed by atoms with Crippen LogP contribution >= 0.6 is 0 Å². The van der Waals surface area contributed by atoms with Gasteiger partial charge in [-0.15, -0.1) is 0 Å². The molecule has 0 aliphatic heterocycles. The molecule has 0 aromatic heterocycles. The van der Waals surface area contributed by atoms with E-state index in [0.29, 0.717) is 29.9 Å². The van der Waals surface area contributed by atoms with E-state index < -0.39 is 34.3 Å². The Hall–Kier alpha value is -4.12. The van der Waals surface area contributed by atoms with Crippen molar-refractivity contribution in [3.05, 3.63) is 84.2 Å². The van der Waals surface area contributed by atoms with E-state index in [2.05, 4.69) is 5.32 Å². The van der Waals surface area contributed by atoms with Crippen LogP contribution in [0.5, 0.6) is 11.5 Å². The quantitative estimate of drug-likeness (QED) is 0.287. The van der Waals surface area contributed by atoms with Crippen LogP contribution in [0.25, 0.3) is 0 Å². The summed E-state index contributed by atoms with van der Waals surface area (Å²) in [6, 6.07) is 16.7. The molecule has 0 fully saturated rings. The summed E-state index contributed by atoms with van der Waals surface area (Å²) in [4.78, 5) is 28.8. The number of ether oxygens (including phenoxy) is 2. The van der Waals surface area contributed by atoms with Crippen LogP contribution in [0.1, 0.15) is 39.2 Å². The highest BCUT2D eigenvalue weighted by Crippen LogP contribution is 2.27. The number of rotatable bonds is 14. The number of methoxy groups -OCH3 is 2. The maximum Gasteiger partial charge on any atom is 0.264 e. The van der Waals surface area contributed by atoms with E-state index in [4.69, 9.17) is 9.47 Å². The molecule has 0 radical (unpaired) electrons. The summed E-state index contributed by atoms with van der Waals surface area (Å²) in [6.45, 7) is 5.00. The number of amides is 2. The number of nitrogens with one attached hydrogen (secondary N) is 1. The Balaban J connectivity index is 2.06. The van der Waals surface area contributed by atoms with E-state index in [-0.39, 0.29) is 29.1 Å². The predicted octanol–water partition coefficient (Wildman–Crippen LogP) is 4.76. The first kappa shape index (κ1) is 32.4. The van der Waals surface area contributed by atoms with Gasteiger partial charge in [-0.25, -0.2) is 12.8 Å². The largest absolute Gasteiger partial charge is 0.497 e. The fourth-order valence-electron chi connectivity index (χ4n) is 4.34. The van der Waals surface area contributed by atoms with Gasteiger partial charge in [0, 0.05) is 12.6 Å². The Morgan fingerprint density at radius 3 is 2.12 bits per heavy atom. The number of benzene rings is 3. The topological polar surface area (TPSA) is 105 Å². The number of anilines is 1. The second-order valence-electron chi connectivity index (χ2n) is 9.78. The van der Waals surface area contributed by atoms with Crippen molar-refractivity contribution in [1.82, 2.24) is 10.2 Å². The lowest BCUT2D eigenvalue weighted by Gasteiger charge is -2.33. The third-order valence-corrected chi connectivity index (χ3v) is 8.70. The number of nitrogens with zero attached hydrogens (tertiary/aromatic N) is 2. The van der Waals surface area contributed by atoms with Crippen LogP contribution in [0, 0.1) is 5.82 Å². The summed E-state index contributed by atoms with van der Waals surface area (Å²) in [5, 5.41) is 2.94. The second kappa shape index (κ2) is 14.7. The molecule has 226 valence electrons. The van der Waals surface area contributed by atoms with Gasteiger partial charge in [-0.1, -0.05) is 26.0 Å². The molecule has 0 saturated heterocycles. The minimum absolute atomic E-state index is 0.0301. The van der Waals surface area contributed by atoms with Crippen molar-refractivity contribution in [2.24, 2.45) is 0 Å². The van der Waals surface area contributed by atoms with Gasteiger partial charge in [0.15, 0.2) is 0 Å². The third-order valence-electron chi connectivity index (χ3n) is 6.91. The van der Waals surface area contributed by atoms with Crippen molar-refractivity contribution in [2.75, 3.05) is 25.1 Å². The number of sulfonamides is 1. The van der Waals surface area contributed by atoms with Crippen LogP contribution in [0.4, 0.5) is 10.1 Å². The Bertz CT molecular complexity index is 1450. The molecule has 2 amide bonds. The molecule has 11 heteroatoms. The summed E-state index contributed by atoms with van der Waals surface area (Å²) in [5.41, 5.74) is 0.794. The van der Waals surface area contributed by atoms with Crippen molar-refractivity contribution in [1.29, 1.82) is 0 Å². The van der Waals surface area contributed by atoms with Gasteiger partial charge < -0.3 is 19.7 Å². The fourth-order valence-corrected chi connectivity index (χ4v) is 5.75. The summed E-state index contributed by atoms with van der Waals surface area (Å²) in [6.07, 6.45) is 0.990. The SMILES string of the molecule is CC[C@H](C)NC(=O)[C@H](CC)N(Cc1cccc(OC)c1)C(=O)CN(c1ccc(F)cc1)S(=O)(=O)c1ccc(OC)cc1. The van der Waals surface area contributed by atoms with E-state index in [1.54, 1.807) is 31.2 Å². The highest BCUT2D eigenvalue weighted by Gasteiger charge is 2.34. The van der Waals surface area contributed by atoms with E-state index in [1.807, 2.05) is 13.8 Å². The maximum absolute atomic E-state index is 14.1. The molecule has 0 aliphatic rings. The molecule has 0 heterocycles. The number of halogens is 1. The first-order chi connectivity index (χ1) is 20.0. The summed E-state index contributed by atoms with van der Waals surface area (Å²) in [5.74, 6) is -0.466.